The summed E-state index contributed by atoms with van der Waals surface area (Å²) >= 11 is 0. The van der Waals surface area contributed by atoms with Crippen molar-refractivity contribution in [1.82, 2.24) is 0 Å². The number of aliphatic hydroxyl groups is 1. The van der Waals surface area contributed by atoms with Gasteiger partial charge in [-0.3, -0.25) is 4.79 Å². The number of ether oxygens (including phenoxy) is 1. The van der Waals surface area contributed by atoms with Gasteiger partial charge in [0.15, 0.2) is 0 Å². The van der Waals surface area contributed by atoms with Crippen molar-refractivity contribution >= 4 is 5.97 Å². The van der Waals surface area contributed by atoms with Gasteiger partial charge in [0, 0.05) is 6.42 Å². The summed E-state index contributed by atoms with van der Waals surface area (Å²) in [5.74, 6) is -0.110. The maximum Gasteiger partial charge on any atom is 0.305 e. The van der Waals surface area contributed by atoms with Gasteiger partial charge in [0.1, 0.15) is 0 Å². The highest BCUT2D eigenvalue weighted by molar-refractivity contribution is 5.68. The molecule has 1 unspecified atom stereocenters. The third-order valence-electron chi connectivity index (χ3n) is 3.17. The summed E-state index contributed by atoms with van der Waals surface area (Å²) < 4.78 is 4.60. The molecule has 0 heterocycles. The first kappa shape index (κ1) is 19.7. The van der Waals surface area contributed by atoms with Gasteiger partial charge in [-0.1, -0.05) is 55.7 Å². The molecule has 0 aromatic rings. The van der Waals surface area contributed by atoms with Crippen molar-refractivity contribution in [2.24, 2.45) is 0 Å². The van der Waals surface area contributed by atoms with Crippen molar-refractivity contribution in [3.8, 4) is 0 Å². The van der Waals surface area contributed by atoms with Crippen LogP contribution in [0.4, 0.5) is 0 Å². The first-order valence-corrected chi connectivity index (χ1v) is 7.90. The average molecular weight is 294 g/mol. The molecule has 0 aliphatic rings. The van der Waals surface area contributed by atoms with E-state index in [1.807, 2.05) is 37.3 Å². The molecule has 0 aliphatic carbocycles. The Morgan fingerprint density at radius 1 is 1.10 bits per heavy atom. The molecule has 0 aromatic heterocycles. The molecule has 1 N–H and O–H groups in total. The van der Waals surface area contributed by atoms with Gasteiger partial charge in [0.25, 0.3) is 0 Å². The van der Waals surface area contributed by atoms with Gasteiger partial charge < -0.3 is 9.84 Å². The Labute approximate surface area is 129 Å². The lowest BCUT2D eigenvalue weighted by molar-refractivity contribution is -0.140. The molecule has 0 saturated heterocycles. The minimum atomic E-state index is -0.388. The van der Waals surface area contributed by atoms with E-state index in [1.54, 1.807) is 0 Å². The number of aliphatic hydroxyl groups excluding tert-OH is 1. The minimum Gasteiger partial charge on any atom is -0.469 e. The molecule has 3 heteroatoms. The van der Waals surface area contributed by atoms with Crippen molar-refractivity contribution in [3.63, 3.8) is 0 Å². The van der Waals surface area contributed by atoms with Gasteiger partial charge in [0.2, 0.25) is 0 Å². The first-order chi connectivity index (χ1) is 10.2. The van der Waals surface area contributed by atoms with E-state index in [4.69, 9.17) is 0 Å². The Bertz CT molecular complexity index is 329. The fourth-order valence-corrected chi connectivity index (χ4v) is 1.89. The molecular formula is C18H30O3. The van der Waals surface area contributed by atoms with Crippen molar-refractivity contribution in [3.05, 3.63) is 36.5 Å². The highest BCUT2D eigenvalue weighted by Gasteiger charge is 1.98. The molecule has 0 bridgehead atoms. The highest BCUT2D eigenvalue weighted by Crippen LogP contribution is 2.08. The van der Waals surface area contributed by atoms with E-state index in [2.05, 4.69) is 10.8 Å². The van der Waals surface area contributed by atoms with E-state index in [0.717, 1.165) is 19.3 Å². The van der Waals surface area contributed by atoms with Crippen molar-refractivity contribution < 1.29 is 14.6 Å². The second kappa shape index (κ2) is 15.0. The lowest BCUT2D eigenvalue weighted by Crippen LogP contribution is -1.99. The number of carbonyl (C=O) groups is 1. The molecule has 0 amide bonds. The zero-order valence-corrected chi connectivity index (χ0v) is 13.5. The largest absolute Gasteiger partial charge is 0.469 e. The van der Waals surface area contributed by atoms with Crippen LogP contribution in [-0.4, -0.2) is 24.3 Å². The summed E-state index contributed by atoms with van der Waals surface area (Å²) in [5.41, 5.74) is 0. The number of carbonyl (C=O) groups excluding carboxylic acids is 1. The molecule has 0 aromatic carbocycles. The van der Waals surface area contributed by atoms with Crippen molar-refractivity contribution in [1.29, 1.82) is 0 Å². The molecule has 0 spiro atoms. The maximum absolute atomic E-state index is 10.9. The zero-order chi connectivity index (χ0) is 15.8. The number of rotatable bonds is 12. The summed E-state index contributed by atoms with van der Waals surface area (Å²) in [4.78, 5) is 10.9. The Morgan fingerprint density at radius 2 is 1.81 bits per heavy atom. The van der Waals surface area contributed by atoms with Crippen LogP contribution in [0.2, 0.25) is 0 Å². The predicted octanol–water partition coefficient (Wildman–Crippen LogP) is 4.33. The Kier molecular flexibility index (Phi) is 14.1. The summed E-state index contributed by atoms with van der Waals surface area (Å²) in [6, 6.07) is 0. The monoisotopic (exact) mass is 294 g/mol. The SMILES string of the molecule is CC=CCC(O)C=CC=CCCCCCCCC(=O)OC. The fraction of sp³-hybridized carbons (Fsp3) is 0.611. The molecule has 0 fully saturated rings. The van der Waals surface area contributed by atoms with Crippen LogP contribution in [0.5, 0.6) is 0 Å². The van der Waals surface area contributed by atoms with Crippen LogP contribution in [0.3, 0.4) is 0 Å². The minimum absolute atomic E-state index is 0.110. The van der Waals surface area contributed by atoms with Crippen LogP contribution >= 0.6 is 0 Å². The number of unbranched alkanes of at least 4 members (excludes halogenated alkanes) is 5. The number of hydrogen-bond acceptors (Lipinski definition) is 3. The van der Waals surface area contributed by atoms with Gasteiger partial charge in [-0.15, -0.1) is 0 Å². The van der Waals surface area contributed by atoms with Gasteiger partial charge in [-0.2, -0.15) is 0 Å². The molecule has 120 valence electrons. The van der Waals surface area contributed by atoms with Crippen LogP contribution in [0.1, 0.15) is 58.3 Å². The topological polar surface area (TPSA) is 46.5 Å². The van der Waals surface area contributed by atoms with Crippen molar-refractivity contribution in [2.75, 3.05) is 7.11 Å². The average Bonchev–Trinajstić information content (AvgIpc) is 2.50. The van der Waals surface area contributed by atoms with Gasteiger partial charge in [-0.05, 0) is 32.6 Å². The summed E-state index contributed by atoms with van der Waals surface area (Å²) in [7, 11) is 1.43. The van der Waals surface area contributed by atoms with Gasteiger partial charge in [0.05, 0.1) is 13.2 Å². The zero-order valence-electron chi connectivity index (χ0n) is 13.5. The molecular weight excluding hydrogens is 264 g/mol. The van der Waals surface area contributed by atoms with Crippen LogP contribution < -0.4 is 0 Å². The number of esters is 1. The van der Waals surface area contributed by atoms with Gasteiger partial charge >= 0.3 is 5.97 Å². The number of hydrogen-bond donors (Lipinski definition) is 1. The van der Waals surface area contributed by atoms with Crippen LogP contribution in [0.15, 0.2) is 36.5 Å². The maximum atomic E-state index is 10.9. The van der Waals surface area contributed by atoms with Crippen LogP contribution in [0, 0.1) is 0 Å². The summed E-state index contributed by atoms with van der Waals surface area (Å²) in [6.07, 6.45) is 19.2. The molecule has 0 aliphatic heterocycles. The molecule has 0 radical (unpaired) electrons. The van der Waals surface area contributed by atoms with E-state index < -0.39 is 0 Å². The van der Waals surface area contributed by atoms with E-state index >= 15 is 0 Å². The molecule has 1 atom stereocenters. The predicted molar refractivity (Wildman–Crippen MR) is 88.1 cm³/mol. The van der Waals surface area contributed by atoms with Crippen LogP contribution in [0.25, 0.3) is 0 Å². The van der Waals surface area contributed by atoms with E-state index in [9.17, 15) is 9.90 Å². The number of methoxy groups -OCH3 is 1. The third-order valence-corrected chi connectivity index (χ3v) is 3.17. The number of allylic oxidation sites excluding steroid dienone is 4. The van der Waals surface area contributed by atoms with Crippen LogP contribution in [-0.2, 0) is 9.53 Å². The lowest BCUT2D eigenvalue weighted by atomic mass is 10.1. The quantitative estimate of drug-likeness (QED) is 0.252. The van der Waals surface area contributed by atoms with E-state index in [-0.39, 0.29) is 12.1 Å². The highest BCUT2D eigenvalue weighted by atomic mass is 16.5. The smallest absolute Gasteiger partial charge is 0.305 e. The Morgan fingerprint density at radius 3 is 2.52 bits per heavy atom. The second-order valence-electron chi connectivity index (χ2n) is 5.07. The standard InChI is InChI=1S/C18H30O3/c1-3-4-14-17(19)15-12-10-8-6-5-7-9-11-13-16-18(20)21-2/h3-4,8,10,12,15,17,19H,5-7,9,11,13-14,16H2,1-2H3. The summed E-state index contributed by atoms with van der Waals surface area (Å²) in [5, 5.41) is 9.56. The second-order valence-corrected chi connectivity index (χ2v) is 5.07. The Balaban J connectivity index is 3.40. The molecule has 0 saturated carbocycles. The molecule has 3 nitrogen and oxygen atoms in total. The summed E-state index contributed by atoms with van der Waals surface area (Å²) in [6.45, 7) is 1.95. The first-order valence-electron chi connectivity index (χ1n) is 7.90. The van der Waals surface area contributed by atoms with E-state index in [1.165, 1.54) is 26.4 Å². The van der Waals surface area contributed by atoms with Crippen molar-refractivity contribution in [2.45, 2.75) is 64.4 Å². The third kappa shape index (κ3) is 14.9. The molecule has 0 rings (SSSR count). The van der Waals surface area contributed by atoms with E-state index in [0.29, 0.717) is 12.8 Å². The normalized spacial score (nSPS) is 13.5. The lowest BCUT2D eigenvalue weighted by Gasteiger charge is -2.00. The Hall–Kier alpha value is -1.35. The van der Waals surface area contributed by atoms with Gasteiger partial charge in [-0.25, -0.2) is 0 Å². The fourth-order valence-electron chi connectivity index (χ4n) is 1.89. The molecule has 21 heavy (non-hydrogen) atoms.